The molecule has 2 aromatic rings. The van der Waals surface area contributed by atoms with Gasteiger partial charge in [-0.2, -0.15) is 8.78 Å². The predicted molar refractivity (Wildman–Crippen MR) is 79.1 cm³/mol. The van der Waals surface area contributed by atoms with Crippen LogP contribution < -0.4 is 5.32 Å². The molecule has 1 aromatic carbocycles. The van der Waals surface area contributed by atoms with Crippen LogP contribution in [-0.2, 0) is 17.8 Å². The van der Waals surface area contributed by atoms with E-state index in [2.05, 4.69) is 5.32 Å². The summed E-state index contributed by atoms with van der Waals surface area (Å²) in [4.78, 5) is 23.2. The van der Waals surface area contributed by atoms with Crippen molar-refractivity contribution < 1.29 is 22.8 Å². The number of Topliss-reactive ketones (excluding diaryl/α,β-unsaturated/α-hetero) is 1. The number of amides is 1. The van der Waals surface area contributed by atoms with Crippen LogP contribution in [0.4, 0.5) is 18.9 Å². The molecule has 1 N–H and O–H groups in total. The van der Waals surface area contributed by atoms with E-state index in [0.29, 0.717) is 11.3 Å². The van der Waals surface area contributed by atoms with Crippen LogP contribution in [0, 0.1) is 12.7 Å². The molecule has 0 radical (unpaired) electrons. The molecular formula is C16H15F3N2O2. The number of halogens is 3. The van der Waals surface area contributed by atoms with Crippen LogP contribution in [0.1, 0.15) is 28.5 Å². The van der Waals surface area contributed by atoms with Gasteiger partial charge >= 0.3 is 5.92 Å². The van der Waals surface area contributed by atoms with Crippen LogP contribution >= 0.6 is 0 Å². The molecule has 2 rings (SSSR count). The van der Waals surface area contributed by atoms with E-state index in [-0.39, 0.29) is 5.56 Å². The first-order chi connectivity index (χ1) is 10.6. The van der Waals surface area contributed by atoms with E-state index in [0.717, 1.165) is 17.6 Å². The number of anilines is 1. The zero-order valence-corrected chi connectivity index (χ0v) is 12.8. The number of benzene rings is 1. The summed E-state index contributed by atoms with van der Waals surface area (Å²) in [6.45, 7) is 2.33. The van der Waals surface area contributed by atoms with Crippen LogP contribution in [0.2, 0.25) is 0 Å². The summed E-state index contributed by atoms with van der Waals surface area (Å²) in [5.74, 6) is -6.01. The van der Waals surface area contributed by atoms with Crippen molar-refractivity contribution >= 4 is 17.4 Å². The Balaban J connectivity index is 2.27. The highest BCUT2D eigenvalue weighted by Gasteiger charge is 2.40. The third-order valence-corrected chi connectivity index (χ3v) is 3.45. The molecule has 0 saturated heterocycles. The number of alkyl halides is 2. The van der Waals surface area contributed by atoms with Crippen molar-refractivity contribution in [1.29, 1.82) is 0 Å². The van der Waals surface area contributed by atoms with E-state index < -0.39 is 29.1 Å². The third kappa shape index (κ3) is 3.28. The number of carbonyl (C=O) groups is 2. The van der Waals surface area contributed by atoms with Crippen LogP contribution in [-0.4, -0.2) is 16.3 Å². The Labute approximate surface area is 130 Å². The third-order valence-electron chi connectivity index (χ3n) is 3.45. The average Bonchev–Trinajstić information content (AvgIpc) is 2.85. The van der Waals surface area contributed by atoms with Crippen molar-refractivity contribution in [3.05, 3.63) is 53.1 Å². The van der Waals surface area contributed by atoms with E-state index in [1.54, 1.807) is 6.92 Å². The molecule has 0 fully saturated rings. The van der Waals surface area contributed by atoms with Gasteiger partial charge in [-0.25, -0.2) is 4.39 Å². The van der Waals surface area contributed by atoms with Gasteiger partial charge in [-0.3, -0.25) is 9.59 Å². The Morgan fingerprint density at radius 2 is 1.87 bits per heavy atom. The van der Waals surface area contributed by atoms with Crippen LogP contribution in [0.25, 0.3) is 0 Å². The molecule has 122 valence electrons. The molecule has 1 heterocycles. The van der Waals surface area contributed by atoms with Gasteiger partial charge in [0.05, 0.1) is 11.3 Å². The summed E-state index contributed by atoms with van der Waals surface area (Å²) in [5, 5.41) is 2.50. The maximum Gasteiger partial charge on any atom is 0.344 e. The molecular weight excluding hydrogens is 309 g/mol. The lowest BCUT2D eigenvalue weighted by atomic mass is 10.1. The number of hydrogen-bond acceptors (Lipinski definition) is 2. The minimum Gasteiger partial charge on any atom is -0.348 e. The Hall–Kier alpha value is -2.57. The van der Waals surface area contributed by atoms with Crippen molar-refractivity contribution in [3.8, 4) is 0 Å². The summed E-state index contributed by atoms with van der Waals surface area (Å²) in [7, 11) is 1.32. The molecule has 0 aliphatic heterocycles. The lowest BCUT2D eigenvalue weighted by Crippen LogP contribution is -2.25. The molecule has 0 unspecified atom stereocenters. The fraction of sp³-hybridized carbons (Fsp3) is 0.250. The second-order valence-electron chi connectivity index (χ2n) is 5.27. The highest BCUT2D eigenvalue weighted by molar-refractivity contribution is 6.04. The SMILES string of the molecule is CC(=O)C(F)(F)c1cc(C(=O)Nc2ccc(F)c(C)c2)cn1C. The number of ketones is 1. The molecule has 23 heavy (non-hydrogen) atoms. The molecule has 1 amide bonds. The Kier molecular flexibility index (Phi) is 4.31. The second-order valence-corrected chi connectivity index (χ2v) is 5.27. The quantitative estimate of drug-likeness (QED) is 0.937. The minimum atomic E-state index is -3.67. The summed E-state index contributed by atoms with van der Waals surface area (Å²) in [6, 6.07) is 4.97. The maximum absolute atomic E-state index is 13.8. The van der Waals surface area contributed by atoms with Crippen LogP contribution in [0.5, 0.6) is 0 Å². The molecule has 7 heteroatoms. The standard InChI is InChI=1S/C16H15F3N2O2/c1-9-6-12(4-5-13(9)17)20-15(23)11-7-14(21(3)8-11)16(18,19)10(2)22/h4-8H,1-3H3,(H,20,23). The molecule has 0 saturated carbocycles. The van der Waals surface area contributed by atoms with Crippen molar-refractivity contribution in [2.24, 2.45) is 7.05 Å². The number of aromatic nitrogens is 1. The van der Waals surface area contributed by atoms with Crippen molar-refractivity contribution in [3.63, 3.8) is 0 Å². The van der Waals surface area contributed by atoms with E-state index in [1.165, 1.54) is 31.4 Å². The molecule has 1 aromatic heterocycles. The molecule has 0 atom stereocenters. The van der Waals surface area contributed by atoms with Gasteiger partial charge in [0.25, 0.3) is 5.91 Å². The zero-order chi connectivity index (χ0) is 17.4. The summed E-state index contributed by atoms with van der Waals surface area (Å²) >= 11 is 0. The smallest absolute Gasteiger partial charge is 0.344 e. The van der Waals surface area contributed by atoms with Crippen LogP contribution in [0.3, 0.4) is 0 Å². The van der Waals surface area contributed by atoms with Crippen molar-refractivity contribution in [1.82, 2.24) is 4.57 Å². The van der Waals surface area contributed by atoms with Gasteiger partial charge in [0.15, 0.2) is 0 Å². The van der Waals surface area contributed by atoms with E-state index in [1.807, 2.05) is 0 Å². The first-order valence-corrected chi connectivity index (χ1v) is 6.76. The van der Waals surface area contributed by atoms with Gasteiger partial charge in [0.2, 0.25) is 5.78 Å². The summed E-state index contributed by atoms with van der Waals surface area (Å²) in [5.41, 5.74) is 0.105. The number of nitrogens with one attached hydrogen (secondary N) is 1. The Morgan fingerprint density at radius 1 is 1.22 bits per heavy atom. The van der Waals surface area contributed by atoms with Crippen LogP contribution in [0.15, 0.2) is 30.5 Å². The highest BCUT2D eigenvalue weighted by Crippen LogP contribution is 2.30. The van der Waals surface area contributed by atoms with Gasteiger partial charge in [0.1, 0.15) is 5.82 Å². The first kappa shape index (κ1) is 16.8. The molecule has 0 aliphatic rings. The second kappa shape index (κ2) is 5.91. The fourth-order valence-corrected chi connectivity index (χ4v) is 2.11. The summed E-state index contributed by atoms with van der Waals surface area (Å²) < 4.78 is 41.8. The fourth-order valence-electron chi connectivity index (χ4n) is 2.11. The van der Waals surface area contributed by atoms with Gasteiger partial charge < -0.3 is 9.88 Å². The number of hydrogen-bond donors (Lipinski definition) is 1. The predicted octanol–water partition coefficient (Wildman–Crippen LogP) is 3.41. The first-order valence-electron chi connectivity index (χ1n) is 6.76. The van der Waals surface area contributed by atoms with Gasteiger partial charge in [-0.05, 0) is 36.8 Å². The lowest BCUT2D eigenvalue weighted by Gasteiger charge is -2.13. The van der Waals surface area contributed by atoms with E-state index >= 15 is 0 Å². The summed E-state index contributed by atoms with van der Waals surface area (Å²) in [6.07, 6.45) is 1.21. The number of aryl methyl sites for hydroxylation is 2. The lowest BCUT2D eigenvalue weighted by molar-refractivity contribution is -0.142. The number of rotatable bonds is 4. The molecule has 0 spiro atoms. The zero-order valence-electron chi connectivity index (χ0n) is 12.8. The highest BCUT2D eigenvalue weighted by atomic mass is 19.3. The largest absolute Gasteiger partial charge is 0.348 e. The molecule has 0 bridgehead atoms. The van der Waals surface area contributed by atoms with Gasteiger partial charge in [-0.1, -0.05) is 0 Å². The molecule has 4 nitrogen and oxygen atoms in total. The number of nitrogens with zero attached hydrogens (tertiary/aromatic N) is 1. The monoisotopic (exact) mass is 324 g/mol. The minimum absolute atomic E-state index is 0.0228. The average molecular weight is 324 g/mol. The topological polar surface area (TPSA) is 51.1 Å². The van der Waals surface area contributed by atoms with E-state index in [4.69, 9.17) is 0 Å². The number of carbonyl (C=O) groups excluding carboxylic acids is 2. The van der Waals surface area contributed by atoms with Gasteiger partial charge in [0, 0.05) is 25.9 Å². The normalized spacial score (nSPS) is 11.4. The van der Waals surface area contributed by atoms with Crippen molar-refractivity contribution in [2.45, 2.75) is 19.8 Å². The van der Waals surface area contributed by atoms with Crippen molar-refractivity contribution in [2.75, 3.05) is 5.32 Å². The van der Waals surface area contributed by atoms with Gasteiger partial charge in [-0.15, -0.1) is 0 Å². The maximum atomic E-state index is 13.8. The Morgan fingerprint density at radius 3 is 2.43 bits per heavy atom. The molecule has 0 aliphatic carbocycles. The van der Waals surface area contributed by atoms with E-state index in [9.17, 15) is 22.8 Å². The Bertz CT molecular complexity index is 782.